The highest BCUT2D eigenvalue weighted by Crippen LogP contribution is 2.26. The zero-order valence-corrected chi connectivity index (χ0v) is 11.6. The molecule has 2 rings (SSSR count). The van der Waals surface area contributed by atoms with Crippen LogP contribution in [-0.4, -0.2) is 10.1 Å². The van der Waals surface area contributed by atoms with Gasteiger partial charge in [-0.2, -0.15) is 4.98 Å². The zero-order valence-electron chi connectivity index (χ0n) is 10.0. The normalized spacial score (nSPS) is 10.6. The Kier molecular flexibility index (Phi) is 4.33. The molecule has 0 atom stereocenters. The number of halogens is 1. The predicted molar refractivity (Wildman–Crippen MR) is 70.0 cm³/mol. The quantitative estimate of drug-likeness (QED) is 0.918. The highest BCUT2D eigenvalue weighted by atomic mass is 79.9. The zero-order chi connectivity index (χ0) is 13.0. The molecule has 0 fully saturated rings. The lowest BCUT2D eigenvalue weighted by Gasteiger charge is -2.07. The summed E-state index contributed by atoms with van der Waals surface area (Å²) < 4.78 is 11.5. The van der Waals surface area contributed by atoms with Crippen molar-refractivity contribution >= 4 is 15.9 Å². The summed E-state index contributed by atoms with van der Waals surface area (Å²) in [6, 6.07) is 5.73. The molecule has 0 spiro atoms. The van der Waals surface area contributed by atoms with Gasteiger partial charge in [0.2, 0.25) is 11.7 Å². The summed E-state index contributed by atoms with van der Waals surface area (Å²) in [4.78, 5) is 4.17. The molecule has 2 aromatic rings. The van der Waals surface area contributed by atoms with Gasteiger partial charge in [-0.1, -0.05) is 18.1 Å². The summed E-state index contributed by atoms with van der Waals surface area (Å²) in [6.45, 7) is 2.74. The first-order valence-corrected chi connectivity index (χ1v) is 6.45. The molecule has 96 valence electrons. The van der Waals surface area contributed by atoms with Gasteiger partial charge in [-0.3, -0.25) is 0 Å². The van der Waals surface area contributed by atoms with Crippen LogP contribution in [0.2, 0.25) is 0 Å². The number of aromatic nitrogens is 2. The van der Waals surface area contributed by atoms with Crippen molar-refractivity contribution in [2.24, 2.45) is 5.73 Å². The lowest BCUT2D eigenvalue weighted by Crippen LogP contribution is -2.00. The van der Waals surface area contributed by atoms with E-state index in [2.05, 4.69) is 26.1 Å². The van der Waals surface area contributed by atoms with Crippen LogP contribution >= 0.6 is 15.9 Å². The number of hydrogen-bond donors (Lipinski definition) is 1. The standard InChI is InChI=1S/C12H14BrN3O2/c1-2-12-15-11(16-18-12)7-17-10-4-3-8(6-14)5-9(10)13/h3-5H,2,6-7,14H2,1H3. The Morgan fingerprint density at radius 1 is 1.44 bits per heavy atom. The third kappa shape index (κ3) is 3.08. The maximum atomic E-state index is 5.61. The number of hydrogen-bond acceptors (Lipinski definition) is 5. The van der Waals surface area contributed by atoms with E-state index in [1.807, 2.05) is 25.1 Å². The van der Waals surface area contributed by atoms with Crippen LogP contribution in [0.1, 0.15) is 24.2 Å². The van der Waals surface area contributed by atoms with Gasteiger partial charge in [-0.25, -0.2) is 0 Å². The number of benzene rings is 1. The predicted octanol–water partition coefficient (Wildman–Crippen LogP) is 2.43. The molecule has 0 radical (unpaired) electrons. The molecule has 0 aliphatic rings. The Morgan fingerprint density at radius 2 is 2.28 bits per heavy atom. The van der Waals surface area contributed by atoms with Crippen LogP contribution in [-0.2, 0) is 19.6 Å². The van der Waals surface area contributed by atoms with Crippen molar-refractivity contribution in [1.82, 2.24) is 10.1 Å². The van der Waals surface area contributed by atoms with Crippen molar-refractivity contribution in [2.45, 2.75) is 26.5 Å². The topological polar surface area (TPSA) is 74.2 Å². The summed E-state index contributed by atoms with van der Waals surface area (Å²) >= 11 is 3.44. The highest BCUT2D eigenvalue weighted by Gasteiger charge is 2.07. The Hall–Kier alpha value is -1.40. The van der Waals surface area contributed by atoms with E-state index < -0.39 is 0 Å². The van der Waals surface area contributed by atoms with Gasteiger partial charge in [0.25, 0.3) is 0 Å². The van der Waals surface area contributed by atoms with Crippen LogP contribution in [0.5, 0.6) is 5.75 Å². The number of ether oxygens (including phenoxy) is 1. The van der Waals surface area contributed by atoms with E-state index in [0.717, 1.165) is 22.2 Å². The monoisotopic (exact) mass is 311 g/mol. The van der Waals surface area contributed by atoms with Crippen LogP contribution in [0, 0.1) is 0 Å². The number of aryl methyl sites for hydroxylation is 1. The summed E-state index contributed by atoms with van der Waals surface area (Å²) in [5.41, 5.74) is 6.60. The van der Waals surface area contributed by atoms with Crippen LogP contribution < -0.4 is 10.5 Å². The van der Waals surface area contributed by atoms with E-state index in [-0.39, 0.29) is 6.61 Å². The van der Waals surface area contributed by atoms with E-state index in [1.165, 1.54) is 0 Å². The molecule has 0 unspecified atom stereocenters. The summed E-state index contributed by atoms with van der Waals surface area (Å²) in [5, 5.41) is 3.82. The van der Waals surface area contributed by atoms with E-state index in [9.17, 15) is 0 Å². The Balaban J connectivity index is 2.01. The lowest BCUT2D eigenvalue weighted by atomic mass is 10.2. The molecular weight excluding hydrogens is 298 g/mol. The second-order valence-electron chi connectivity index (χ2n) is 3.72. The second kappa shape index (κ2) is 5.97. The van der Waals surface area contributed by atoms with Gasteiger partial charge < -0.3 is 15.0 Å². The molecule has 0 saturated carbocycles. The van der Waals surface area contributed by atoms with Crippen LogP contribution in [0.15, 0.2) is 27.2 Å². The molecule has 0 saturated heterocycles. The molecule has 0 aliphatic carbocycles. The van der Waals surface area contributed by atoms with E-state index in [4.69, 9.17) is 15.0 Å². The van der Waals surface area contributed by atoms with E-state index >= 15 is 0 Å². The molecule has 0 amide bonds. The maximum Gasteiger partial charge on any atom is 0.226 e. The van der Waals surface area contributed by atoms with Crippen molar-refractivity contribution < 1.29 is 9.26 Å². The first-order chi connectivity index (χ1) is 8.72. The van der Waals surface area contributed by atoms with Gasteiger partial charge in [-0.15, -0.1) is 0 Å². The van der Waals surface area contributed by atoms with Gasteiger partial charge in [0.05, 0.1) is 4.47 Å². The molecule has 2 N–H and O–H groups in total. The minimum atomic E-state index is 0.282. The largest absolute Gasteiger partial charge is 0.484 e. The third-order valence-electron chi connectivity index (χ3n) is 2.40. The van der Waals surface area contributed by atoms with Crippen LogP contribution in [0.25, 0.3) is 0 Å². The van der Waals surface area contributed by atoms with Crippen molar-refractivity contribution in [3.8, 4) is 5.75 Å². The van der Waals surface area contributed by atoms with Crippen molar-refractivity contribution in [2.75, 3.05) is 0 Å². The Morgan fingerprint density at radius 3 is 2.89 bits per heavy atom. The molecule has 0 aliphatic heterocycles. The molecule has 6 heteroatoms. The molecule has 1 aromatic heterocycles. The fourth-order valence-electron chi connectivity index (χ4n) is 1.42. The third-order valence-corrected chi connectivity index (χ3v) is 3.02. The Bertz CT molecular complexity index is 528. The van der Waals surface area contributed by atoms with Gasteiger partial charge in [0.15, 0.2) is 6.61 Å². The second-order valence-corrected chi connectivity index (χ2v) is 4.57. The molecule has 1 heterocycles. The number of nitrogens with two attached hydrogens (primary N) is 1. The molecular formula is C12H14BrN3O2. The van der Waals surface area contributed by atoms with E-state index in [1.54, 1.807) is 0 Å². The number of nitrogens with zero attached hydrogens (tertiary/aromatic N) is 2. The minimum absolute atomic E-state index is 0.282. The molecule has 18 heavy (non-hydrogen) atoms. The molecule has 1 aromatic carbocycles. The fraction of sp³-hybridized carbons (Fsp3) is 0.333. The van der Waals surface area contributed by atoms with Crippen LogP contribution in [0.4, 0.5) is 0 Å². The van der Waals surface area contributed by atoms with Gasteiger partial charge in [-0.05, 0) is 33.6 Å². The highest BCUT2D eigenvalue weighted by molar-refractivity contribution is 9.10. The smallest absolute Gasteiger partial charge is 0.226 e. The van der Waals surface area contributed by atoms with Gasteiger partial charge in [0.1, 0.15) is 5.75 Å². The lowest BCUT2D eigenvalue weighted by molar-refractivity contribution is 0.283. The van der Waals surface area contributed by atoms with Crippen molar-refractivity contribution in [3.05, 3.63) is 40.0 Å². The minimum Gasteiger partial charge on any atom is -0.484 e. The van der Waals surface area contributed by atoms with Crippen LogP contribution in [0.3, 0.4) is 0 Å². The first-order valence-electron chi connectivity index (χ1n) is 5.65. The summed E-state index contributed by atoms with van der Waals surface area (Å²) in [6.07, 6.45) is 0.724. The van der Waals surface area contributed by atoms with E-state index in [0.29, 0.717) is 18.3 Å². The summed E-state index contributed by atoms with van der Waals surface area (Å²) in [7, 11) is 0. The summed E-state index contributed by atoms with van der Waals surface area (Å²) in [5.74, 6) is 1.89. The van der Waals surface area contributed by atoms with Gasteiger partial charge >= 0.3 is 0 Å². The number of rotatable bonds is 5. The van der Waals surface area contributed by atoms with Crippen molar-refractivity contribution in [1.29, 1.82) is 0 Å². The maximum absolute atomic E-state index is 5.61. The Labute approximate surface area is 113 Å². The molecule has 0 bridgehead atoms. The average Bonchev–Trinajstić information content (AvgIpc) is 2.85. The molecule has 5 nitrogen and oxygen atoms in total. The SMILES string of the molecule is CCc1nc(COc2ccc(CN)cc2Br)no1. The van der Waals surface area contributed by atoms with Crippen molar-refractivity contribution in [3.63, 3.8) is 0 Å². The fourth-order valence-corrected chi connectivity index (χ4v) is 1.96. The average molecular weight is 312 g/mol. The first kappa shape index (κ1) is 13.0. The van der Waals surface area contributed by atoms with Gasteiger partial charge in [0, 0.05) is 13.0 Å².